The van der Waals surface area contributed by atoms with Crippen molar-refractivity contribution in [2.24, 2.45) is 11.8 Å². The molecule has 0 spiro atoms. The Kier molecular flexibility index (Phi) is 10.2. The molecule has 0 saturated carbocycles. The first-order chi connectivity index (χ1) is 29.8. The highest BCUT2D eigenvalue weighted by Crippen LogP contribution is 2.45. The molecule has 10 rings (SSSR count). The predicted molar refractivity (Wildman–Crippen MR) is 254 cm³/mol. The van der Waals surface area contributed by atoms with Crippen molar-refractivity contribution >= 4 is 34.5 Å². The zero-order valence-corrected chi connectivity index (χ0v) is 33.3. The first-order valence-electron chi connectivity index (χ1n) is 20.8. The maximum Gasteiger partial charge on any atom is 0.0539 e. The summed E-state index contributed by atoms with van der Waals surface area (Å²) < 4.78 is 0. The topological polar surface area (TPSA) is 6.48 Å². The molecule has 0 N–H and O–H groups in total. The Labute approximate surface area is 353 Å². The number of benzene rings is 7. The van der Waals surface area contributed by atoms with Gasteiger partial charge in [-0.15, -0.1) is 0 Å². The largest absolute Gasteiger partial charge is 0.310 e. The molecule has 2 heteroatoms. The maximum absolute atomic E-state index is 2.42. The first kappa shape index (κ1) is 36.6. The molecule has 0 bridgehead atoms. The van der Waals surface area contributed by atoms with Crippen molar-refractivity contribution in [3.8, 4) is 22.3 Å². The lowest BCUT2D eigenvalue weighted by atomic mass is 9.72. The van der Waals surface area contributed by atoms with Crippen molar-refractivity contribution in [3.63, 3.8) is 0 Å². The molecule has 3 aliphatic carbocycles. The summed E-state index contributed by atoms with van der Waals surface area (Å²) in [4.78, 5) is 4.77. The molecule has 0 radical (unpaired) electrons. The van der Waals surface area contributed by atoms with E-state index in [9.17, 15) is 0 Å². The van der Waals surface area contributed by atoms with Crippen molar-refractivity contribution in [1.29, 1.82) is 0 Å². The van der Waals surface area contributed by atoms with Crippen LogP contribution in [0.5, 0.6) is 0 Å². The van der Waals surface area contributed by atoms with E-state index in [0.717, 1.165) is 39.6 Å². The minimum Gasteiger partial charge on any atom is -0.310 e. The summed E-state index contributed by atoms with van der Waals surface area (Å²) in [5, 5.41) is 0. The summed E-state index contributed by atoms with van der Waals surface area (Å²) in [6.07, 6.45) is 22.6. The van der Waals surface area contributed by atoms with E-state index in [4.69, 9.17) is 0 Å². The van der Waals surface area contributed by atoms with Crippen molar-refractivity contribution in [2.45, 2.75) is 0 Å². The van der Waals surface area contributed by atoms with Crippen LogP contribution in [0.2, 0.25) is 0 Å². The van der Waals surface area contributed by atoms with E-state index in [1.807, 2.05) is 0 Å². The van der Waals surface area contributed by atoms with Crippen molar-refractivity contribution < 1.29 is 0 Å². The molecule has 0 aliphatic heterocycles. The van der Waals surface area contributed by atoms with E-state index < -0.39 is 0 Å². The van der Waals surface area contributed by atoms with Gasteiger partial charge in [0.05, 0.1) is 11.4 Å². The predicted octanol–water partition coefficient (Wildman–Crippen LogP) is 15.2. The van der Waals surface area contributed by atoms with Crippen LogP contribution < -0.4 is 9.80 Å². The number of hydrogen-bond acceptors (Lipinski definition) is 2. The highest BCUT2D eigenvalue weighted by Gasteiger charge is 2.32. The quantitative estimate of drug-likeness (QED) is 0.128. The fraction of sp³-hybridized carbons (Fsp3) is 0.0345. The van der Waals surface area contributed by atoms with Crippen LogP contribution in [0, 0.1) is 11.8 Å². The van der Waals surface area contributed by atoms with Gasteiger partial charge in [-0.3, -0.25) is 0 Å². The molecule has 2 nitrogen and oxygen atoms in total. The Bertz CT molecular complexity index is 2820. The molecule has 0 amide bonds. The highest BCUT2D eigenvalue weighted by atomic mass is 15.2. The first-order valence-corrected chi connectivity index (χ1v) is 20.8. The zero-order valence-electron chi connectivity index (χ0n) is 33.3. The summed E-state index contributed by atoms with van der Waals surface area (Å²) in [7, 11) is 0. The molecule has 3 aliphatic rings. The van der Waals surface area contributed by atoms with Crippen LogP contribution in [0.15, 0.2) is 266 Å². The van der Waals surface area contributed by atoms with Crippen molar-refractivity contribution in [3.05, 3.63) is 277 Å². The van der Waals surface area contributed by atoms with Crippen LogP contribution >= 0.6 is 0 Å². The SMILES string of the molecule is C1=CC2=CC(N(c3ccccc3)c3ccc(-c4cccc(-c5ccc(N(/C(=C/c6ccccc6)c6ccccc6)c6ccccc6)cc5)c4)cc3)=C3C=CC=CC3C2C=C1. The standard InChI is InChI=1S/C58H44N2/c1-5-18-43(19-6-1)40-57(46-20-7-2-8-21-46)59(50-25-9-3-10-26-50)52-36-32-44(33-37-52)47-23-17-24-48(41-47)45-34-38-53(39-35-45)60(51-27-11-4-12-28-51)58-42-49-22-13-14-29-54(49)55-30-15-16-31-56(55)58/h1-42,54-55H/b57-40+. The van der Waals surface area contributed by atoms with Crippen LogP contribution in [0.3, 0.4) is 0 Å². The lowest BCUT2D eigenvalue weighted by Crippen LogP contribution is -2.27. The second-order valence-electron chi connectivity index (χ2n) is 15.3. The van der Waals surface area contributed by atoms with Crippen LogP contribution in [0.1, 0.15) is 11.1 Å². The van der Waals surface area contributed by atoms with Crippen molar-refractivity contribution in [2.75, 3.05) is 9.80 Å². The Hall–Kier alpha value is -7.68. The maximum atomic E-state index is 2.42. The summed E-state index contributed by atoms with van der Waals surface area (Å²) >= 11 is 0. The summed E-state index contributed by atoms with van der Waals surface area (Å²) in [6, 6.07) is 69.5. The Morgan fingerprint density at radius 2 is 0.933 bits per heavy atom. The van der Waals surface area contributed by atoms with Gasteiger partial charge in [0, 0.05) is 34.6 Å². The molecular formula is C58H44N2. The van der Waals surface area contributed by atoms with Gasteiger partial charge in [0.15, 0.2) is 0 Å². The van der Waals surface area contributed by atoms with Crippen LogP contribution in [0.25, 0.3) is 34.0 Å². The number of rotatable bonds is 10. The second kappa shape index (κ2) is 16.7. The van der Waals surface area contributed by atoms with Gasteiger partial charge in [-0.1, -0.05) is 188 Å². The molecule has 0 heterocycles. The molecular weight excluding hydrogens is 725 g/mol. The van der Waals surface area contributed by atoms with Crippen LogP contribution in [-0.4, -0.2) is 0 Å². The molecule has 0 fully saturated rings. The fourth-order valence-electron chi connectivity index (χ4n) is 8.69. The highest BCUT2D eigenvalue weighted by molar-refractivity contribution is 5.96. The fourth-order valence-corrected chi connectivity index (χ4v) is 8.69. The minimum atomic E-state index is 0.298. The summed E-state index contributed by atoms with van der Waals surface area (Å²) in [6.45, 7) is 0. The average molecular weight is 769 g/mol. The number of allylic oxidation sites excluding steroid dienone is 11. The molecule has 7 aromatic carbocycles. The van der Waals surface area contributed by atoms with E-state index in [2.05, 4.69) is 265 Å². The van der Waals surface area contributed by atoms with Gasteiger partial charge in [0.25, 0.3) is 0 Å². The lowest BCUT2D eigenvalue weighted by molar-refractivity contribution is 0.606. The van der Waals surface area contributed by atoms with Gasteiger partial charge < -0.3 is 9.80 Å². The van der Waals surface area contributed by atoms with E-state index in [0.29, 0.717) is 11.8 Å². The van der Waals surface area contributed by atoms with Gasteiger partial charge in [0.2, 0.25) is 0 Å². The molecule has 2 unspecified atom stereocenters. The number of anilines is 4. The summed E-state index contributed by atoms with van der Waals surface area (Å²) in [5.74, 6) is 0.649. The third kappa shape index (κ3) is 7.43. The Balaban J connectivity index is 0.976. The van der Waals surface area contributed by atoms with Crippen LogP contribution in [-0.2, 0) is 0 Å². The smallest absolute Gasteiger partial charge is 0.0539 e. The number of hydrogen-bond donors (Lipinski definition) is 0. The van der Waals surface area contributed by atoms with E-state index in [-0.39, 0.29) is 0 Å². The van der Waals surface area contributed by atoms with Crippen molar-refractivity contribution in [1.82, 2.24) is 0 Å². The molecule has 286 valence electrons. The number of nitrogens with zero attached hydrogens (tertiary/aromatic N) is 2. The molecule has 60 heavy (non-hydrogen) atoms. The monoisotopic (exact) mass is 768 g/mol. The zero-order chi connectivity index (χ0) is 40.1. The van der Waals surface area contributed by atoms with Gasteiger partial charge in [-0.05, 0) is 111 Å². The van der Waals surface area contributed by atoms with Gasteiger partial charge >= 0.3 is 0 Å². The Morgan fingerprint density at radius 1 is 0.417 bits per heavy atom. The van der Waals surface area contributed by atoms with E-state index in [1.165, 1.54) is 39.1 Å². The van der Waals surface area contributed by atoms with Gasteiger partial charge in [-0.25, -0.2) is 0 Å². The Morgan fingerprint density at radius 3 is 1.58 bits per heavy atom. The number of para-hydroxylation sites is 2. The van der Waals surface area contributed by atoms with Crippen LogP contribution in [0.4, 0.5) is 22.7 Å². The minimum absolute atomic E-state index is 0.298. The molecule has 0 saturated heterocycles. The van der Waals surface area contributed by atoms with Gasteiger partial charge in [0.1, 0.15) is 0 Å². The van der Waals surface area contributed by atoms with Gasteiger partial charge in [-0.2, -0.15) is 0 Å². The van der Waals surface area contributed by atoms with E-state index in [1.54, 1.807) is 0 Å². The average Bonchev–Trinajstić information content (AvgIpc) is 3.33. The summed E-state index contributed by atoms with van der Waals surface area (Å²) in [5.41, 5.74) is 16.5. The van der Waals surface area contributed by atoms with E-state index >= 15 is 0 Å². The number of fused-ring (bicyclic) bond motifs is 3. The molecule has 2 atom stereocenters. The molecule has 0 aromatic heterocycles. The normalized spacial score (nSPS) is 16.5. The third-order valence-corrected chi connectivity index (χ3v) is 11.6. The lowest BCUT2D eigenvalue weighted by Gasteiger charge is -2.37. The molecule has 7 aromatic rings. The second-order valence-corrected chi connectivity index (χ2v) is 15.3. The third-order valence-electron chi connectivity index (χ3n) is 11.6.